The van der Waals surface area contributed by atoms with E-state index in [2.05, 4.69) is 4.98 Å². The van der Waals surface area contributed by atoms with Crippen molar-refractivity contribution in [1.29, 1.82) is 0 Å². The Morgan fingerprint density at radius 3 is 2.87 bits per heavy atom. The summed E-state index contributed by atoms with van der Waals surface area (Å²) in [6, 6.07) is 6.84. The van der Waals surface area contributed by atoms with Gasteiger partial charge in [-0.15, -0.1) is 0 Å². The third-order valence-electron chi connectivity index (χ3n) is 2.17. The van der Waals surface area contributed by atoms with E-state index in [1.807, 2.05) is 0 Å². The Morgan fingerprint density at radius 2 is 2.20 bits per heavy atom. The van der Waals surface area contributed by atoms with Gasteiger partial charge in [-0.2, -0.15) is 0 Å². The largest absolute Gasteiger partial charge is 0.550 e. The van der Waals surface area contributed by atoms with Gasteiger partial charge in [-0.25, -0.2) is 0 Å². The second-order valence-corrected chi connectivity index (χ2v) is 3.31. The highest BCUT2D eigenvalue weighted by atomic mass is 16.4. The summed E-state index contributed by atoms with van der Waals surface area (Å²) in [5.74, 6) is -1.13. The zero-order valence-corrected chi connectivity index (χ0v) is 7.82. The first-order chi connectivity index (χ1) is 7.19. The Balaban J connectivity index is 2.46. The number of hydrogen-bond donors (Lipinski definition) is 1. The van der Waals surface area contributed by atoms with Crippen LogP contribution in [0.25, 0.3) is 10.9 Å². The van der Waals surface area contributed by atoms with Gasteiger partial charge in [-0.05, 0) is 24.3 Å². The summed E-state index contributed by atoms with van der Waals surface area (Å²) in [5.41, 5.74) is 1.96. The highest BCUT2D eigenvalue weighted by Gasteiger charge is 2.01. The van der Waals surface area contributed by atoms with Crippen molar-refractivity contribution in [3.8, 4) is 0 Å². The highest BCUT2D eigenvalue weighted by Crippen LogP contribution is 2.16. The standard InChI is InChI=1S/C11H9NO3/c13-6-7-1-2-10-8(3-7)4-9(12-10)5-11(14)15/h1-4,6,12H,5H2,(H,14,15)/p-1. The van der Waals surface area contributed by atoms with Gasteiger partial charge in [0, 0.05) is 34.6 Å². The molecule has 1 aromatic heterocycles. The predicted octanol–water partition coefficient (Wildman–Crippen LogP) is 0.273. The maximum atomic E-state index is 10.5. The fraction of sp³-hybridized carbons (Fsp3) is 0.0909. The molecule has 1 heterocycles. The van der Waals surface area contributed by atoms with Gasteiger partial charge in [0.2, 0.25) is 0 Å². The van der Waals surface area contributed by atoms with Gasteiger partial charge in [-0.3, -0.25) is 4.79 Å². The number of aldehydes is 1. The Morgan fingerprint density at radius 1 is 1.40 bits per heavy atom. The number of H-pyrrole nitrogens is 1. The lowest BCUT2D eigenvalue weighted by Gasteiger charge is -1.96. The van der Waals surface area contributed by atoms with E-state index in [-0.39, 0.29) is 6.42 Å². The summed E-state index contributed by atoms with van der Waals surface area (Å²) in [7, 11) is 0. The number of aromatic nitrogens is 1. The fourth-order valence-electron chi connectivity index (χ4n) is 1.54. The van der Waals surface area contributed by atoms with Crippen molar-refractivity contribution in [2.45, 2.75) is 6.42 Å². The van der Waals surface area contributed by atoms with Gasteiger partial charge in [0.1, 0.15) is 6.29 Å². The summed E-state index contributed by atoms with van der Waals surface area (Å²) in [6.45, 7) is 0. The Bertz CT molecular complexity index is 528. The minimum Gasteiger partial charge on any atom is -0.550 e. The van der Waals surface area contributed by atoms with E-state index < -0.39 is 5.97 Å². The van der Waals surface area contributed by atoms with Crippen LogP contribution >= 0.6 is 0 Å². The first-order valence-corrected chi connectivity index (χ1v) is 4.46. The first-order valence-electron chi connectivity index (χ1n) is 4.46. The molecule has 2 rings (SSSR count). The van der Waals surface area contributed by atoms with E-state index in [9.17, 15) is 14.7 Å². The van der Waals surface area contributed by atoms with E-state index in [0.29, 0.717) is 11.3 Å². The molecule has 0 fully saturated rings. The quantitative estimate of drug-likeness (QED) is 0.726. The second-order valence-electron chi connectivity index (χ2n) is 3.31. The van der Waals surface area contributed by atoms with Crippen LogP contribution in [0.2, 0.25) is 0 Å². The Kier molecular flexibility index (Phi) is 2.25. The SMILES string of the molecule is O=Cc1ccc2[nH]c(CC(=O)[O-])cc2c1. The molecule has 0 aliphatic carbocycles. The molecule has 0 bridgehead atoms. The molecule has 0 spiro atoms. The van der Waals surface area contributed by atoms with E-state index in [4.69, 9.17) is 0 Å². The van der Waals surface area contributed by atoms with Gasteiger partial charge >= 0.3 is 0 Å². The second kappa shape index (κ2) is 3.57. The van der Waals surface area contributed by atoms with Gasteiger partial charge in [0.15, 0.2) is 0 Å². The van der Waals surface area contributed by atoms with Gasteiger partial charge < -0.3 is 14.9 Å². The van der Waals surface area contributed by atoms with Crippen molar-refractivity contribution in [3.63, 3.8) is 0 Å². The third kappa shape index (κ3) is 1.88. The number of carboxylic acid groups (broad SMARTS) is 1. The molecule has 0 saturated carbocycles. The minimum atomic E-state index is -1.13. The summed E-state index contributed by atoms with van der Waals surface area (Å²) in [4.78, 5) is 23.8. The molecule has 0 saturated heterocycles. The number of aliphatic carboxylic acids is 1. The van der Waals surface area contributed by atoms with E-state index in [1.54, 1.807) is 24.3 Å². The van der Waals surface area contributed by atoms with Crippen LogP contribution in [0.4, 0.5) is 0 Å². The molecule has 0 radical (unpaired) electrons. The van der Waals surface area contributed by atoms with Crippen LogP contribution in [-0.4, -0.2) is 17.2 Å². The average Bonchev–Trinajstić information content (AvgIpc) is 2.57. The molecular formula is C11H8NO3-. The maximum Gasteiger partial charge on any atom is 0.150 e. The summed E-state index contributed by atoms with van der Waals surface area (Å²) in [5, 5.41) is 11.2. The topological polar surface area (TPSA) is 73.0 Å². The van der Waals surface area contributed by atoms with Crippen molar-refractivity contribution >= 4 is 23.2 Å². The number of aromatic amines is 1. The summed E-state index contributed by atoms with van der Waals surface area (Å²) >= 11 is 0. The van der Waals surface area contributed by atoms with E-state index in [0.717, 1.165) is 17.2 Å². The maximum absolute atomic E-state index is 10.5. The molecule has 2 aromatic rings. The van der Waals surface area contributed by atoms with Crippen LogP contribution in [0.1, 0.15) is 16.1 Å². The number of fused-ring (bicyclic) bond motifs is 1. The number of hydrogen-bond acceptors (Lipinski definition) is 3. The lowest BCUT2D eigenvalue weighted by Crippen LogP contribution is -2.24. The zero-order valence-electron chi connectivity index (χ0n) is 7.82. The van der Waals surface area contributed by atoms with Crippen molar-refractivity contribution in [1.82, 2.24) is 4.98 Å². The lowest BCUT2D eigenvalue weighted by molar-refractivity contribution is -0.304. The van der Waals surface area contributed by atoms with Crippen molar-refractivity contribution in [2.24, 2.45) is 0 Å². The highest BCUT2D eigenvalue weighted by molar-refractivity contribution is 5.88. The Labute approximate surface area is 85.5 Å². The predicted molar refractivity (Wildman–Crippen MR) is 52.4 cm³/mol. The van der Waals surface area contributed by atoms with Crippen molar-refractivity contribution in [2.75, 3.05) is 0 Å². The molecule has 1 N–H and O–H groups in total. The molecule has 0 aliphatic rings. The molecule has 76 valence electrons. The molecular weight excluding hydrogens is 194 g/mol. The average molecular weight is 202 g/mol. The third-order valence-corrected chi connectivity index (χ3v) is 2.17. The van der Waals surface area contributed by atoms with Crippen molar-refractivity contribution in [3.05, 3.63) is 35.5 Å². The van der Waals surface area contributed by atoms with Crippen LogP contribution in [0, 0.1) is 0 Å². The van der Waals surface area contributed by atoms with E-state index in [1.165, 1.54) is 0 Å². The summed E-state index contributed by atoms with van der Waals surface area (Å²) in [6.07, 6.45) is 0.607. The molecule has 15 heavy (non-hydrogen) atoms. The van der Waals surface area contributed by atoms with Crippen LogP contribution < -0.4 is 5.11 Å². The molecule has 1 aromatic carbocycles. The number of rotatable bonds is 3. The van der Waals surface area contributed by atoms with Gasteiger partial charge in [0.25, 0.3) is 0 Å². The number of benzene rings is 1. The van der Waals surface area contributed by atoms with Crippen LogP contribution in [-0.2, 0) is 11.2 Å². The molecule has 4 heteroatoms. The monoisotopic (exact) mass is 202 g/mol. The Hall–Kier alpha value is -2.10. The molecule has 0 unspecified atom stereocenters. The summed E-state index contributed by atoms with van der Waals surface area (Å²) < 4.78 is 0. The molecule has 4 nitrogen and oxygen atoms in total. The minimum absolute atomic E-state index is 0.148. The van der Waals surface area contributed by atoms with Crippen LogP contribution in [0.15, 0.2) is 24.3 Å². The normalized spacial score (nSPS) is 10.4. The first kappa shape index (κ1) is 9.45. The number of nitrogens with one attached hydrogen (secondary N) is 1. The van der Waals surface area contributed by atoms with E-state index >= 15 is 0 Å². The fourth-order valence-corrected chi connectivity index (χ4v) is 1.54. The zero-order chi connectivity index (χ0) is 10.8. The van der Waals surface area contributed by atoms with Crippen LogP contribution in [0.3, 0.4) is 0 Å². The molecule has 0 atom stereocenters. The van der Waals surface area contributed by atoms with Crippen molar-refractivity contribution < 1.29 is 14.7 Å². The number of carboxylic acids is 1. The molecule has 0 amide bonds. The lowest BCUT2D eigenvalue weighted by atomic mass is 10.2. The molecule has 0 aliphatic heterocycles. The number of carbonyl (C=O) groups excluding carboxylic acids is 2. The smallest absolute Gasteiger partial charge is 0.150 e. The van der Waals surface area contributed by atoms with Gasteiger partial charge in [-0.1, -0.05) is 0 Å². The number of carbonyl (C=O) groups is 2. The van der Waals surface area contributed by atoms with Crippen LogP contribution in [0.5, 0.6) is 0 Å². The van der Waals surface area contributed by atoms with Gasteiger partial charge in [0.05, 0.1) is 0 Å².